The number of nitrogens with zero attached hydrogens (tertiary/aromatic N) is 4. The van der Waals surface area contributed by atoms with E-state index in [1.165, 1.54) is 11.1 Å². The van der Waals surface area contributed by atoms with Gasteiger partial charge in [0.25, 0.3) is 0 Å². The average Bonchev–Trinajstić information content (AvgIpc) is 3.30. The van der Waals surface area contributed by atoms with E-state index in [2.05, 4.69) is 65.6 Å². The normalized spacial score (nSPS) is 11.7. The van der Waals surface area contributed by atoms with Crippen LogP contribution in [0.4, 0.5) is 0 Å². The first-order valence-electron chi connectivity index (χ1n) is 10.7. The Balaban J connectivity index is 1.50. The summed E-state index contributed by atoms with van der Waals surface area (Å²) in [5, 5.41) is 6.76. The number of aliphatic imine (C=N–C) groups is 1. The van der Waals surface area contributed by atoms with Crippen LogP contribution in [0.5, 0.6) is 0 Å². The zero-order valence-corrected chi connectivity index (χ0v) is 18.2. The summed E-state index contributed by atoms with van der Waals surface area (Å²) in [6.07, 6.45) is 9.31. The second kappa shape index (κ2) is 11.1. The molecule has 0 bridgehead atoms. The maximum atomic E-state index is 4.72. The highest BCUT2D eigenvalue weighted by atomic mass is 15.2. The third-order valence-corrected chi connectivity index (χ3v) is 4.92. The Labute approximate surface area is 179 Å². The predicted octanol–water partition coefficient (Wildman–Crippen LogP) is 4.08. The summed E-state index contributed by atoms with van der Waals surface area (Å²) in [5.41, 5.74) is 3.88. The van der Waals surface area contributed by atoms with Gasteiger partial charge in [-0.25, -0.2) is 15.0 Å². The number of benzene rings is 1. The van der Waals surface area contributed by atoms with Crippen molar-refractivity contribution in [3.05, 3.63) is 78.0 Å². The Hall–Kier alpha value is -3.15. The van der Waals surface area contributed by atoms with Crippen LogP contribution >= 0.6 is 0 Å². The third kappa shape index (κ3) is 6.44. The lowest BCUT2D eigenvalue weighted by Crippen LogP contribution is -2.37. The molecule has 3 rings (SSSR count). The molecule has 0 saturated heterocycles. The van der Waals surface area contributed by atoms with Gasteiger partial charge in [0.05, 0.1) is 6.54 Å². The molecule has 2 aromatic heterocycles. The van der Waals surface area contributed by atoms with Crippen LogP contribution in [-0.4, -0.2) is 33.6 Å². The molecule has 0 unspecified atom stereocenters. The molecule has 0 fully saturated rings. The van der Waals surface area contributed by atoms with E-state index in [1.54, 1.807) is 12.5 Å². The molecule has 3 aromatic rings. The summed E-state index contributed by atoms with van der Waals surface area (Å²) in [6.45, 7) is 8.84. The molecule has 0 radical (unpaired) electrons. The number of pyridine rings is 1. The number of guanidine groups is 1. The molecular formula is C24H32N6. The van der Waals surface area contributed by atoms with Crippen LogP contribution in [0.25, 0.3) is 5.82 Å². The van der Waals surface area contributed by atoms with Crippen molar-refractivity contribution in [1.29, 1.82) is 0 Å². The summed E-state index contributed by atoms with van der Waals surface area (Å²) in [5.74, 6) is 2.27. The predicted molar refractivity (Wildman–Crippen MR) is 123 cm³/mol. The Kier molecular flexibility index (Phi) is 8.01. The SMILES string of the molecule is CCNC(=NCc1ccnc(-n2ccnc2)c1)NCCCc1ccc(C(C)C)cc1. The molecule has 0 aliphatic heterocycles. The quantitative estimate of drug-likeness (QED) is 0.320. The molecule has 6 nitrogen and oxygen atoms in total. The number of hydrogen-bond donors (Lipinski definition) is 2. The molecular weight excluding hydrogens is 372 g/mol. The first-order chi connectivity index (χ1) is 14.7. The van der Waals surface area contributed by atoms with Crippen molar-refractivity contribution < 1.29 is 0 Å². The van der Waals surface area contributed by atoms with Crippen LogP contribution in [0.1, 0.15) is 49.8 Å². The van der Waals surface area contributed by atoms with Gasteiger partial charge in [0, 0.05) is 31.7 Å². The van der Waals surface area contributed by atoms with Crippen LogP contribution in [0.15, 0.2) is 66.3 Å². The maximum Gasteiger partial charge on any atom is 0.191 e. The summed E-state index contributed by atoms with van der Waals surface area (Å²) >= 11 is 0. The molecule has 6 heteroatoms. The molecule has 0 atom stereocenters. The first-order valence-corrected chi connectivity index (χ1v) is 10.7. The summed E-state index contributed by atoms with van der Waals surface area (Å²) in [4.78, 5) is 13.2. The highest BCUT2D eigenvalue weighted by Gasteiger charge is 2.02. The summed E-state index contributed by atoms with van der Waals surface area (Å²) in [7, 11) is 0. The van der Waals surface area contributed by atoms with Crippen molar-refractivity contribution in [2.75, 3.05) is 13.1 Å². The molecule has 0 amide bonds. The third-order valence-electron chi connectivity index (χ3n) is 4.92. The standard InChI is InChI=1S/C24H32N6/c1-4-26-24(28-12-5-6-20-7-9-22(10-8-20)19(2)3)29-17-21-11-13-27-23(16-21)30-15-14-25-18-30/h7-11,13-16,18-19H,4-6,12,17H2,1-3H3,(H2,26,28,29). The number of aromatic nitrogens is 3. The lowest BCUT2D eigenvalue weighted by atomic mass is 10.0. The van der Waals surface area contributed by atoms with E-state index in [9.17, 15) is 0 Å². The van der Waals surface area contributed by atoms with Crippen LogP contribution < -0.4 is 10.6 Å². The average molecular weight is 405 g/mol. The molecule has 0 saturated carbocycles. The molecule has 0 aliphatic rings. The molecule has 2 heterocycles. The largest absolute Gasteiger partial charge is 0.357 e. The van der Waals surface area contributed by atoms with Crippen LogP contribution in [0.2, 0.25) is 0 Å². The molecule has 1 aromatic carbocycles. The highest BCUT2D eigenvalue weighted by Crippen LogP contribution is 2.15. The van der Waals surface area contributed by atoms with Gasteiger partial charge in [0.1, 0.15) is 12.1 Å². The minimum Gasteiger partial charge on any atom is -0.357 e. The second-order valence-electron chi connectivity index (χ2n) is 7.61. The van der Waals surface area contributed by atoms with Gasteiger partial charge < -0.3 is 10.6 Å². The van der Waals surface area contributed by atoms with Crippen LogP contribution in [0.3, 0.4) is 0 Å². The van der Waals surface area contributed by atoms with Gasteiger partial charge in [-0.3, -0.25) is 4.57 Å². The minimum atomic E-state index is 0.580. The fraction of sp³-hybridized carbons (Fsp3) is 0.375. The van der Waals surface area contributed by atoms with Crippen molar-refractivity contribution in [3.63, 3.8) is 0 Å². The van der Waals surface area contributed by atoms with Gasteiger partial charge in [-0.2, -0.15) is 0 Å². The van der Waals surface area contributed by atoms with Gasteiger partial charge in [-0.15, -0.1) is 0 Å². The van der Waals surface area contributed by atoms with E-state index in [-0.39, 0.29) is 0 Å². The summed E-state index contributed by atoms with van der Waals surface area (Å²) < 4.78 is 1.89. The monoisotopic (exact) mass is 404 g/mol. The zero-order chi connectivity index (χ0) is 21.2. The number of aryl methyl sites for hydroxylation is 1. The van der Waals surface area contributed by atoms with E-state index in [0.717, 1.165) is 43.3 Å². The molecule has 0 spiro atoms. The van der Waals surface area contributed by atoms with Crippen molar-refractivity contribution in [2.24, 2.45) is 4.99 Å². The van der Waals surface area contributed by atoms with E-state index in [0.29, 0.717) is 12.5 Å². The van der Waals surface area contributed by atoms with Gasteiger partial charge in [-0.1, -0.05) is 38.1 Å². The van der Waals surface area contributed by atoms with Gasteiger partial charge >= 0.3 is 0 Å². The Morgan fingerprint density at radius 1 is 1.07 bits per heavy atom. The lowest BCUT2D eigenvalue weighted by Gasteiger charge is -2.12. The smallest absolute Gasteiger partial charge is 0.191 e. The molecule has 0 aliphatic carbocycles. The van der Waals surface area contributed by atoms with E-state index < -0.39 is 0 Å². The second-order valence-corrected chi connectivity index (χ2v) is 7.61. The Bertz CT molecular complexity index is 913. The molecule has 30 heavy (non-hydrogen) atoms. The van der Waals surface area contributed by atoms with Crippen LogP contribution in [-0.2, 0) is 13.0 Å². The topological polar surface area (TPSA) is 67.1 Å². The highest BCUT2D eigenvalue weighted by molar-refractivity contribution is 5.79. The van der Waals surface area contributed by atoms with Crippen molar-refractivity contribution in [1.82, 2.24) is 25.2 Å². The fourth-order valence-electron chi connectivity index (χ4n) is 3.18. The lowest BCUT2D eigenvalue weighted by molar-refractivity contribution is 0.743. The van der Waals surface area contributed by atoms with Crippen molar-refractivity contribution in [3.8, 4) is 5.82 Å². The number of rotatable bonds is 9. The minimum absolute atomic E-state index is 0.580. The Morgan fingerprint density at radius 3 is 2.60 bits per heavy atom. The van der Waals surface area contributed by atoms with Crippen molar-refractivity contribution in [2.45, 2.75) is 46.1 Å². The van der Waals surface area contributed by atoms with Crippen molar-refractivity contribution >= 4 is 5.96 Å². The Morgan fingerprint density at radius 2 is 1.90 bits per heavy atom. The first kappa shape index (κ1) is 21.6. The van der Waals surface area contributed by atoms with E-state index in [4.69, 9.17) is 4.99 Å². The van der Waals surface area contributed by atoms with E-state index in [1.807, 2.05) is 29.1 Å². The molecule has 158 valence electrons. The van der Waals surface area contributed by atoms with Gasteiger partial charge in [0.2, 0.25) is 0 Å². The van der Waals surface area contributed by atoms with Crippen LogP contribution in [0, 0.1) is 0 Å². The number of nitrogens with one attached hydrogen (secondary N) is 2. The summed E-state index contributed by atoms with van der Waals surface area (Å²) in [6, 6.07) is 13.0. The number of hydrogen-bond acceptors (Lipinski definition) is 3. The fourth-order valence-corrected chi connectivity index (χ4v) is 3.18. The zero-order valence-electron chi connectivity index (χ0n) is 18.2. The van der Waals surface area contributed by atoms with E-state index >= 15 is 0 Å². The molecule has 2 N–H and O–H groups in total. The maximum absolute atomic E-state index is 4.72. The van der Waals surface area contributed by atoms with Gasteiger partial charge in [0.15, 0.2) is 5.96 Å². The van der Waals surface area contributed by atoms with Gasteiger partial charge in [-0.05, 0) is 54.5 Å². The number of imidazole rings is 1.